The molecule has 0 bridgehead atoms. The number of aliphatic carboxylic acids is 1. The van der Waals surface area contributed by atoms with Crippen LogP contribution in [-0.2, 0) is 11.2 Å². The average Bonchev–Trinajstić information content (AvgIpc) is 3.05. The smallest absolute Gasteiger partial charge is 0.320 e. The molecule has 0 aliphatic heterocycles. The molecule has 1 aromatic carbocycles. The fraction of sp³-hybridized carbons (Fsp3) is 0.462. The van der Waals surface area contributed by atoms with Crippen LogP contribution < -0.4 is 10.5 Å². The quantitative estimate of drug-likeness (QED) is 0.811. The summed E-state index contributed by atoms with van der Waals surface area (Å²) in [6.45, 7) is 1.97. The van der Waals surface area contributed by atoms with E-state index in [1.165, 1.54) is 0 Å². The van der Waals surface area contributed by atoms with Gasteiger partial charge < -0.3 is 15.6 Å². The van der Waals surface area contributed by atoms with Crippen molar-refractivity contribution in [2.75, 3.05) is 0 Å². The molecule has 0 heterocycles. The van der Waals surface area contributed by atoms with Gasteiger partial charge in [0.25, 0.3) is 0 Å². The Morgan fingerprint density at radius 1 is 1.59 bits per heavy atom. The third-order valence-electron chi connectivity index (χ3n) is 2.79. The number of ether oxygens (including phenoxy) is 1. The summed E-state index contributed by atoms with van der Waals surface area (Å²) in [4.78, 5) is 10.8. The molecule has 1 unspecified atom stereocenters. The van der Waals surface area contributed by atoms with Crippen molar-refractivity contribution in [3.63, 3.8) is 0 Å². The third-order valence-corrected chi connectivity index (χ3v) is 2.79. The van der Waals surface area contributed by atoms with Crippen molar-refractivity contribution in [3.05, 3.63) is 29.3 Å². The summed E-state index contributed by atoms with van der Waals surface area (Å²) >= 11 is 0. The second-order valence-electron chi connectivity index (χ2n) is 4.58. The molecule has 0 amide bonds. The van der Waals surface area contributed by atoms with Gasteiger partial charge in [0.1, 0.15) is 11.8 Å². The van der Waals surface area contributed by atoms with Crippen LogP contribution in [0.15, 0.2) is 18.2 Å². The molecule has 2 rings (SSSR count). The number of aryl methyl sites for hydroxylation is 1. The first-order valence-corrected chi connectivity index (χ1v) is 5.81. The highest BCUT2D eigenvalue weighted by Crippen LogP contribution is 2.30. The Morgan fingerprint density at radius 2 is 2.29 bits per heavy atom. The van der Waals surface area contributed by atoms with Gasteiger partial charge in [-0.3, -0.25) is 4.79 Å². The van der Waals surface area contributed by atoms with Crippen LogP contribution in [0.5, 0.6) is 5.75 Å². The summed E-state index contributed by atoms with van der Waals surface area (Å²) in [5.41, 5.74) is 7.52. The molecule has 1 saturated carbocycles. The topological polar surface area (TPSA) is 72.5 Å². The molecule has 0 radical (unpaired) electrons. The molecule has 4 nitrogen and oxygen atoms in total. The monoisotopic (exact) mass is 235 g/mol. The number of nitrogens with two attached hydrogens (primary N) is 1. The lowest BCUT2D eigenvalue weighted by atomic mass is 10.0. The summed E-state index contributed by atoms with van der Waals surface area (Å²) in [5.74, 6) is -0.210. The van der Waals surface area contributed by atoms with Crippen LogP contribution in [0, 0.1) is 6.92 Å². The molecule has 3 N–H and O–H groups in total. The highest BCUT2D eigenvalue weighted by atomic mass is 16.5. The van der Waals surface area contributed by atoms with Crippen LogP contribution in [-0.4, -0.2) is 23.2 Å². The van der Waals surface area contributed by atoms with Gasteiger partial charge in [0, 0.05) is 6.42 Å². The van der Waals surface area contributed by atoms with Crippen molar-refractivity contribution in [2.45, 2.75) is 38.3 Å². The summed E-state index contributed by atoms with van der Waals surface area (Å²) in [5, 5.41) is 8.83. The van der Waals surface area contributed by atoms with Crippen molar-refractivity contribution in [1.82, 2.24) is 0 Å². The van der Waals surface area contributed by atoms with Gasteiger partial charge in [-0.25, -0.2) is 0 Å². The Kier molecular flexibility index (Phi) is 3.33. The zero-order valence-corrected chi connectivity index (χ0v) is 9.85. The molecule has 1 aliphatic rings. The molecule has 4 heteroatoms. The van der Waals surface area contributed by atoms with Crippen LogP contribution in [0.25, 0.3) is 0 Å². The number of carboxylic acid groups (broad SMARTS) is 1. The van der Waals surface area contributed by atoms with Crippen molar-refractivity contribution in [1.29, 1.82) is 0 Å². The number of hydrogen-bond acceptors (Lipinski definition) is 3. The zero-order chi connectivity index (χ0) is 12.4. The van der Waals surface area contributed by atoms with Crippen LogP contribution >= 0.6 is 0 Å². The van der Waals surface area contributed by atoms with Gasteiger partial charge in [-0.05, 0) is 31.4 Å². The molecule has 1 aromatic rings. The Bertz CT molecular complexity index is 427. The fourth-order valence-corrected chi connectivity index (χ4v) is 1.67. The summed E-state index contributed by atoms with van der Waals surface area (Å²) in [6, 6.07) is 4.93. The third kappa shape index (κ3) is 3.20. The molecule has 92 valence electrons. The Balaban J connectivity index is 2.16. The first kappa shape index (κ1) is 11.9. The van der Waals surface area contributed by atoms with Crippen molar-refractivity contribution in [3.8, 4) is 5.75 Å². The average molecular weight is 235 g/mol. The molecular formula is C13H17NO3. The molecule has 0 saturated heterocycles. The first-order chi connectivity index (χ1) is 8.06. The van der Waals surface area contributed by atoms with Gasteiger partial charge >= 0.3 is 5.97 Å². The van der Waals surface area contributed by atoms with Gasteiger partial charge in [0.2, 0.25) is 0 Å². The van der Waals surface area contributed by atoms with Gasteiger partial charge in [0.15, 0.2) is 0 Å². The lowest BCUT2D eigenvalue weighted by Gasteiger charge is -2.13. The largest absolute Gasteiger partial charge is 0.490 e. The van der Waals surface area contributed by atoms with Gasteiger partial charge in [-0.2, -0.15) is 0 Å². The maximum Gasteiger partial charge on any atom is 0.320 e. The van der Waals surface area contributed by atoms with Crippen LogP contribution in [0.4, 0.5) is 0 Å². The van der Waals surface area contributed by atoms with E-state index in [0.717, 1.165) is 29.7 Å². The SMILES string of the molecule is Cc1ccc(OC2CC2)c(CC(N)C(=O)O)c1. The number of rotatable bonds is 5. The highest BCUT2D eigenvalue weighted by molar-refractivity contribution is 5.73. The minimum Gasteiger partial charge on any atom is -0.490 e. The van der Waals surface area contributed by atoms with Crippen LogP contribution in [0.3, 0.4) is 0 Å². The molecule has 1 atom stereocenters. The molecule has 1 fully saturated rings. The number of hydrogen-bond donors (Lipinski definition) is 2. The lowest BCUT2D eigenvalue weighted by Crippen LogP contribution is -2.32. The highest BCUT2D eigenvalue weighted by Gasteiger charge is 2.25. The Morgan fingerprint density at radius 3 is 2.88 bits per heavy atom. The van der Waals surface area contributed by atoms with Crippen LogP contribution in [0.1, 0.15) is 24.0 Å². The van der Waals surface area contributed by atoms with E-state index in [2.05, 4.69) is 0 Å². The van der Waals surface area contributed by atoms with E-state index in [1.54, 1.807) is 0 Å². The molecule has 0 aromatic heterocycles. The number of carbonyl (C=O) groups is 1. The second kappa shape index (κ2) is 4.75. The van der Waals surface area contributed by atoms with E-state index < -0.39 is 12.0 Å². The minimum absolute atomic E-state index is 0.303. The van der Waals surface area contributed by atoms with E-state index in [4.69, 9.17) is 15.6 Å². The lowest BCUT2D eigenvalue weighted by molar-refractivity contribution is -0.138. The maximum atomic E-state index is 10.8. The fourth-order valence-electron chi connectivity index (χ4n) is 1.67. The van der Waals surface area contributed by atoms with Gasteiger partial charge in [0.05, 0.1) is 6.10 Å². The van der Waals surface area contributed by atoms with E-state index in [-0.39, 0.29) is 0 Å². The summed E-state index contributed by atoms with van der Waals surface area (Å²) in [7, 11) is 0. The van der Waals surface area contributed by atoms with E-state index >= 15 is 0 Å². The molecule has 0 spiro atoms. The van der Waals surface area contributed by atoms with Crippen molar-refractivity contribution in [2.24, 2.45) is 5.73 Å². The number of carboxylic acids is 1. The van der Waals surface area contributed by atoms with Crippen molar-refractivity contribution >= 4 is 5.97 Å². The van der Waals surface area contributed by atoms with Gasteiger partial charge in [-0.1, -0.05) is 17.7 Å². The molecular weight excluding hydrogens is 218 g/mol. The van der Waals surface area contributed by atoms with E-state index in [9.17, 15) is 4.79 Å². The molecule has 17 heavy (non-hydrogen) atoms. The predicted octanol–water partition coefficient (Wildman–Crippen LogP) is 1.49. The Hall–Kier alpha value is -1.55. The summed E-state index contributed by atoms with van der Waals surface area (Å²) < 4.78 is 5.74. The zero-order valence-electron chi connectivity index (χ0n) is 9.85. The summed E-state index contributed by atoms with van der Waals surface area (Å²) in [6.07, 6.45) is 2.77. The Labute approximate surface area is 100 Å². The van der Waals surface area contributed by atoms with Crippen molar-refractivity contribution < 1.29 is 14.6 Å². The van der Waals surface area contributed by atoms with Crippen LogP contribution in [0.2, 0.25) is 0 Å². The predicted molar refractivity (Wildman–Crippen MR) is 64.1 cm³/mol. The normalized spacial score (nSPS) is 16.6. The molecule has 1 aliphatic carbocycles. The van der Waals surface area contributed by atoms with E-state index in [0.29, 0.717) is 12.5 Å². The maximum absolute atomic E-state index is 10.8. The number of benzene rings is 1. The van der Waals surface area contributed by atoms with Gasteiger partial charge in [-0.15, -0.1) is 0 Å². The van der Waals surface area contributed by atoms with E-state index in [1.807, 2.05) is 25.1 Å². The standard InChI is InChI=1S/C13H17NO3/c1-8-2-5-12(17-10-3-4-10)9(6-8)7-11(14)13(15)16/h2,5-6,10-11H,3-4,7,14H2,1H3,(H,15,16). The second-order valence-corrected chi connectivity index (χ2v) is 4.58. The first-order valence-electron chi connectivity index (χ1n) is 5.81. The minimum atomic E-state index is -0.983.